The maximum Gasteiger partial charge on any atom is 0.245 e. The summed E-state index contributed by atoms with van der Waals surface area (Å²) in [6, 6.07) is -0.103. The van der Waals surface area contributed by atoms with Crippen LogP contribution in [0, 0.1) is 0 Å². The number of piperazine rings is 1. The number of nitrogens with zero attached hydrogens (tertiary/aromatic N) is 4. The van der Waals surface area contributed by atoms with E-state index in [0.717, 1.165) is 62.5 Å². The number of anilines is 1. The lowest BCUT2D eigenvalue weighted by Gasteiger charge is -2.40. The summed E-state index contributed by atoms with van der Waals surface area (Å²) in [6.45, 7) is 5.67. The number of hydrogen-bond donors (Lipinski definition) is 1. The lowest BCUT2D eigenvalue weighted by Crippen LogP contribution is -2.56. The first kappa shape index (κ1) is 16.7. The van der Waals surface area contributed by atoms with Gasteiger partial charge in [0.2, 0.25) is 5.91 Å². The highest BCUT2D eigenvalue weighted by Crippen LogP contribution is 2.38. The Bertz CT molecular complexity index is 789. The topological polar surface area (TPSA) is 61.4 Å². The fraction of sp³-hybridized carbons (Fsp3) is 0.611. The molecule has 4 rings (SSSR count). The van der Waals surface area contributed by atoms with Gasteiger partial charge in [-0.2, -0.15) is 0 Å². The molecule has 0 saturated carbocycles. The number of likely N-dealkylation sites (N-methyl/N-ethyl adjacent to an activating group) is 1. The highest BCUT2D eigenvalue weighted by Gasteiger charge is 2.35. The van der Waals surface area contributed by atoms with Gasteiger partial charge >= 0.3 is 0 Å². The molecule has 4 heterocycles. The van der Waals surface area contributed by atoms with Gasteiger partial charge in [-0.3, -0.25) is 4.79 Å². The van der Waals surface area contributed by atoms with Crippen LogP contribution in [0.4, 0.5) is 5.82 Å². The molecule has 25 heavy (non-hydrogen) atoms. The summed E-state index contributed by atoms with van der Waals surface area (Å²) in [5, 5.41) is 4.62. The van der Waals surface area contributed by atoms with Gasteiger partial charge in [0.15, 0.2) is 0 Å². The van der Waals surface area contributed by atoms with E-state index < -0.39 is 0 Å². The molecule has 0 bridgehead atoms. The number of rotatable bonds is 4. The van der Waals surface area contributed by atoms with Crippen molar-refractivity contribution in [2.24, 2.45) is 0 Å². The zero-order valence-electron chi connectivity index (χ0n) is 14.9. The lowest BCUT2D eigenvalue weighted by molar-refractivity contribution is -0.133. The minimum atomic E-state index is -0.103. The molecule has 0 radical (unpaired) electrons. The highest BCUT2D eigenvalue weighted by molar-refractivity contribution is 7.19. The molecule has 2 aromatic rings. The van der Waals surface area contributed by atoms with Crippen LogP contribution in [-0.4, -0.2) is 53.5 Å². The fourth-order valence-corrected chi connectivity index (χ4v) is 5.05. The minimum Gasteiger partial charge on any atom is -0.342 e. The van der Waals surface area contributed by atoms with Gasteiger partial charge in [-0.15, -0.1) is 11.3 Å². The first-order chi connectivity index (χ1) is 12.2. The van der Waals surface area contributed by atoms with Crippen LogP contribution < -0.4 is 10.2 Å². The number of carbonyl (C=O) groups is 1. The molecule has 0 spiro atoms. The van der Waals surface area contributed by atoms with Gasteiger partial charge in [-0.05, 0) is 24.9 Å². The Morgan fingerprint density at radius 2 is 2.24 bits per heavy atom. The van der Waals surface area contributed by atoms with Crippen molar-refractivity contribution in [2.45, 2.75) is 45.2 Å². The number of aromatic nitrogens is 2. The smallest absolute Gasteiger partial charge is 0.245 e. The summed E-state index contributed by atoms with van der Waals surface area (Å²) in [4.78, 5) is 28.5. The number of amides is 1. The molecule has 1 unspecified atom stereocenters. The maximum absolute atomic E-state index is 12.8. The number of thiophene rings is 1. The van der Waals surface area contributed by atoms with Crippen LogP contribution >= 0.6 is 11.3 Å². The van der Waals surface area contributed by atoms with E-state index in [1.165, 1.54) is 15.8 Å². The zero-order valence-corrected chi connectivity index (χ0v) is 15.7. The van der Waals surface area contributed by atoms with Crippen LogP contribution in [0.1, 0.15) is 36.6 Å². The van der Waals surface area contributed by atoms with Crippen molar-refractivity contribution in [2.75, 3.05) is 31.6 Å². The van der Waals surface area contributed by atoms with E-state index in [9.17, 15) is 4.79 Å². The third-order valence-corrected chi connectivity index (χ3v) is 6.45. The Hall–Kier alpha value is -1.73. The normalized spacial score (nSPS) is 21.0. The predicted octanol–water partition coefficient (Wildman–Crippen LogP) is 2.17. The van der Waals surface area contributed by atoms with Crippen molar-refractivity contribution in [3.63, 3.8) is 0 Å². The molecule has 1 atom stereocenters. The van der Waals surface area contributed by atoms with Crippen molar-refractivity contribution < 1.29 is 4.79 Å². The van der Waals surface area contributed by atoms with E-state index in [2.05, 4.69) is 27.1 Å². The molecule has 2 aliphatic heterocycles. The van der Waals surface area contributed by atoms with Gasteiger partial charge in [-0.25, -0.2) is 9.97 Å². The van der Waals surface area contributed by atoms with Gasteiger partial charge in [0.05, 0.1) is 5.39 Å². The highest BCUT2D eigenvalue weighted by atomic mass is 32.1. The van der Waals surface area contributed by atoms with Gasteiger partial charge in [-0.1, -0.05) is 19.8 Å². The quantitative estimate of drug-likeness (QED) is 0.907. The van der Waals surface area contributed by atoms with Crippen molar-refractivity contribution in [3.05, 3.63) is 16.8 Å². The largest absolute Gasteiger partial charge is 0.342 e. The summed E-state index contributed by atoms with van der Waals surface area (Å²) in [5.74, 6) is 1.18. The van der Waals surface area contributed by atoms with Crippen LogP contribution in [0.2, 0.25) is 0 Å². The molecule has 1 amide bonds. The minimum absolute atomic E-state index is 0.103. The number of hydrogen-bond acceptors (Lipinski definition) is 6. The molecule has 2 aliphatic rings. The van der Waals surface area contributed by atoms with Crippen molar-refractivity contribution in [1.82, 2.24) is 20.2 Å². The van der Waals surface area contributed by atoms with Gasteiger partial charge in [0.25, 0.3) is 0 Å². The van der Waals surface area contributed by atoms with Gasteiger partial charge in [0.1, 0.15) is 23.0 Å². The Morgan fingerprint density at radius 1 is 1.36 bits per heavy atom. The fourth-order valence-electron chi connectivity index (χ4n) is 3.90. The van der Waals surface area contributed by atoms with Crippen LogP contribution in [0.15, 0.2) is 6.33 Å². The molecule has 0 aliphatic carbocycles. The Morgan fingerprint density at radius 3 is 3.08 bits per heavy atom. The Balaban J connectivity index is 1.79. The second-order valence-corrected chi connectivity index (χ2v) is 8.00. The third-order valence-electron chi connectivity index (χ3n) is 5.31. The van der Waals surface area contributed by atoms with Crippen LogP contribution in [0.25, 0.3) is 10.2 Å². The molecular weight excluding hydrogens is 334 g/mol. The maximum atomic E-state index is 12.8. The second-order valence-electron chi connectivity index (χ2n) is 6.92. The summed E-state index contributed by atoms with van der Waals surface area (Å²) >= 11 is 1.76. The van der Waals surface area contributed by atoms with E-state index in [0.29, 0.717) is 0 Å². The summed E-state index contributed by atoms with van der Waals surface area (Å²) in [6.07, 6.45) is 5.71. The monoisotopic (exact) mass is 359 g/mol. The molecule has 1 N–H and O–H groups in total. The van der Waals surface area contributed by atoms with Crippen molar-refractivity contribution in [1.29, 1.82) is 0 Å². The third kappa shape index (κ3) is 2.89. The van der Waals surface area contributed by atoms with E-state index in [-0.39, 0.29) is 11.9 Å². The van der Waals surface area contributed by atoms with Gasteiger partial charge < -0.3 is 15.1 Å². The molecule has 6 nitrogen and oxygen atoms in total. The molecule has 1 fully saturated rings. The lowest BCUT2D eigenvalue weighted by atomic mass is 10.0. The van der Waals surface area contributed by atoms with E-state index in [1.54, 1.807) is 17.7 Å². The van der Waals surface area contributed by atoms with E-state index in [1.807, 2.05) is 11.9 Å². The molecule has 7 heteroatoms. The van der Waals surface area contributed by atoms with E-state index in [4.69, 9.17) is 0 Å². The molecular formula is C18H25N5OS. The van der Waals surface area contributed by atoms with E-state index >= 15 is 0 Å². The van der Waals surface area contributed by atoms with Crippen LogP contribution in [0.3, 0.4) is 0 Å². The molecule has 2 aromatic heterocycles. The van der Waals surface area contributed by atoms with Gasteiger partial charge in [0, 0.05) is 31.6 Å². The molecule has 0 aromatic carbocycles. The average molecular weight is 359 g/mol. The van der Waals surface area contributed by atoms with Crippen LogP contribution in [-0.2, 0) is 17.8 Å². The first-order valence-corrected chi connectivity index (χ1v) is 10.00. The number of unbranched alkanes of at least 4 members (excludes halogenated alkanes) is 1. The molecule has 134 valence electrons. The SMILES string of the molecule is CCCCC1C(=O)N(C)CCN1c1ncnc2sc3c(c12)CCNC3. The molecule has 1 saturated heterocycles. The zero-order chi connectivity index (χ0) is 17.4. The van der Waals surface area contributed by atoms with Crippen molar-refractivity contribution >= 4 is 33.3 Å². The van der Waals surface area contributed by atoms with Crippen LogP contribution in [0.5, 0.6) is 0 Å². The predicted molar refractivity (Wildman–Crippen MR) is 101 cm³/mol. The summed E-state index contributed by atoms with van der Waals surface area (Å²) in [5.41, 5.74) is 1.38. The number of carbonyl (C=O) groups excluding carboxylic acids is 1. The Labute approximate surface area is 152 Å². The Kier molecular flexibility index (Phi) is 4.60. The van der Waals surface area contributed by atoms with Crippen molar-refractivity contribution in [3.8, 4) is 0 Å². The summed E-state index contributed by atoms with van der Waals surface area (Å²) < 4.78 is 0. The average Bonchev–Trinajstić information content (AvgIpc) is 3.02. The second kappa shape index (κ2) is 6.88. The summed E-state index contributed by atoms with van der Waals surface area (Å²) in [7, 11) is 1.91. The number of fused-ring (bicyclic) bond motifs is 3. The first-order valence-electron chi connectivity index (χ1n) is 9.18. The standard InChI is InChI=1S/C18H25N5OS/c1-3-4-5-13-18(24)22(2)8-9-23(13)16-15-12-6-7-19-10-14(12)25-17(15)21-11-20-16/h11,13,19H,3-10H2,1-2H3. The number of nitrogens with one attached hydrogen (secondary N) is 1.